The van der Waals surface area contributed by atoms with Crippen molar-refractivity contribution >= 4 is 5.65 Å². The number of pyridine rings is 1. The number of imidazole rings is 1. The van der Waals surface area contributed by atoms with Gasteiger partial charge < -0.3 is 4.74 Å². The van der Waals surface area contributed by atoms with Crippen molar-refractivity contribution in [2.75, 3.05) is 0 Å². The summed E-state index contributed by atoms with van der Waals surface area (Å²) in [6, 6.07) is 19.3. The summed E-state index contributed by atoms with van der Waals surface area (Å²) in [7, 11) is 0. The molecule has 3 heteroatoms. The highest BCUT2D eigenvalue weighted by molar-refractivity contribution is 5.72. The summed E-state index contributed by atoms with van der Waals surface area (Å²) < 4.78 is 7.96. The first kappa shape index (κ1) is 20.2. The van der Waals surface area contributed by atoms with Crippen LogP contribution in [0.5, 0.6) is 5.75 Å². The van der Waals surface area contributed by atoms with Crippen LogP contribution in [0.1, 0.15) is 45.7 Å². The third kappa shape index (κ3) is 3.97. The van der Waals surface area contributed by atoms with Crippen molar-refractivity contribution in [2.24, 2.45) is 0 Å². The molecule has 2 aromatic heterocycles. The van der Waals surface area contributed by atoms with Crippen molar-refractivity contribution in [3.8, 4) is 28.1 Å². The van der Waals surface area contributed by atoms with Gasteiger partial charge in [0.15, 0.2) is 0 Å². The van der Waals surface area contributed by atoms with Crippen LogP contribution in [0, 0.1) is 6.92 Å². The van der Waals surface area contributed by atoms with Gasteiger partial charge >= 0.3 is 0 Å². The SMILES string of the molecule is Cc1cc2ncc(-c3ccc(OC(C)C)cc3)n2cc1-c1ccc(C(C)(C)C)cc1. The van der Waals surface area contributed by atoms with Gasteiger partial charge in [0.25, 0.3) is 0 Å². The Bertz CT molecular complexity index is 1160. The molecule has 0 aliphatic carbocycles. The highest BCUT2D eigenvalue weighted by Crippen LogP contribution is 2.31. The molecule has 0 saturated carbocycles. The fourth-order valence-corrected chi connectivity index (χ4v) is 3.76. The second-order valence-electron chi connectivity index (χ2n) is 9.26. The van der Waals surface area contributed by atoms with Gasteiger partial charge in [0.05, 0.1) is 18.0 Å². The van der Waals surface area contributed by atoms with E-state index >= 15 is 0 Å². The van der Waals surface area contributed by atoms with E-state index in [1.165, 1.54) is 22.3 Å². The molecule has 0 saturated heterocycles. The van der Waals surface area contributed by atoms with E-state index in [1.807, 2.05) is 32.2 Å². The van der Waals surface area contributed by atoms with Crippen molar-refractivity contribution in [3.05, 3.63) is 78.1 Å². The fourth-order valence-electron chi connectivity index (χ4n) is 3.76. The second kappa shape index (κ2) is 7.64. The Morgan fingerprint density at radius 2 is 1.53 bits per heavy atom. The highest BCUT2D eigenvalue weighted by atomic mass is 16.5. The van der Waals surface area contributed by atoms with Gasteiger partial charge in [0, 0.05) is 17.3 Å². The lowest BCUT2D eigenvalue weighted by atomic mass is 9.86. The van der Waals surface area contributed by atoms with Gasteiger partial charge in [-0.15, -0.1) is 0 Å². The smallest absolute Gasteiger partial charge is 0.137 e. The summed E-state index contributed by atoms with van der Waals surface area (Å²) in [5.74, 6) is 0.887. The Hall–Kier alpha value is -3.07. The lowest BCUT2D eigenvalue weighted by Gasteiger charge is -2.19. The molecule has 0 aliphatic heterocycles. The first-order chi connectivity index (χ1) is 14.2. The molecule has 2 heterocycles. The van der Waals surface area contributed by atoms with Crippen molar-refractivity contribution in [3.63, 3.8) is 0 Å². The molecule has 0 aliphatic rings. The first-order valence-electron chi connectivity index (χ1n) is 10.6. The lowest BCUT2D eigenvalue weighted by molar-refractivity contribution is 0.242. The van der Waals surface area contributed by atoms with Crippen LogP contribution in [0.2, 0.25) is 0 Å². The molecule has 3 nitrogen and oxygen atoms in total. The normalized spacial score (nSPS) is 12.0. The van der Waals surface area contributed by atoms with E-state index < -0.39 is 0 Å². The summed E-state index contributed by atoms with van der Waals surface area (Å²) in [5.41, 5.74) is 8.33. The van der Waals surface area contributed by atoms with Crippen molar-refractivity contribution < 1.29 is 4.74 Å². The minimum atomic E-state index is 0.153. The molecule has 0 spiro atoms. The summed E-state index contributed by atoms with van der Waals surface area (Å²) in [6.45, 7) is 13.0. The van der Waals surface area contributed by atoms with Gasteiger partial charge in [-0.2, -0.15) is 0 Å². The van der Waals surface area contributed by atoms with Gasteiger partial charge in [-0.3, -0.25) is 4.40 Å². The van der Waals surface area contributed by atoms with Crippen LogP contribution in [0.15, 0.2) is 67.0 Å². The molecule has 0 radical (unpaired) electrons. The van der Waals surface area contributed by atoms with Gasteiger partial charge in [-0.25, -0.2) is 4.98 Å². The van der Waals surface area contributed by atoms with E-state index in [9.17, 15) is 0 Å². The zero-order chi connectivity index (χ0) is 21.5. The maximum Gasteiger partial charge on any atom is 0.137 e. The lowest BCUT2D eigenvalue weighted by Crippen LogP contribution is -2.10. The predicted octanol–water partition coefficient (Wildman–Crippen LogP) is 7.06. The minimum absolute atomic E-state index is 0.153. The topological polar surface area (TPSA) is 26.5 Å². The quantitative estimate of drug-likeness (QED) is 0.368. The van der Waals surface area contributed by atoms with E-state index in [0.29, 0.717) is 0 Å². The Kier molecular flexibility index (Phi) is 5.15. The summed E-state index contributed by atoms with van der Waals surface area (Å²) in [4.78, 5) is 4.64. The molecule has 4 rings (SSSR count). The Balaban J connectivity index is 1.74. The van der Waals surface area contributed by atoms with Crippen molar-refractivity contribution in [2.45, 2.75) is 53.1 Å². The van der Waals surface area contributed by atoms with Crippen LogP contribution in [0.4, 0.5) is 0 Å². The molecule has 2 aromatic carbocycles. The van der Waals surface area contributed by atoms with Gasteiger partial charge in [-0.05, 0) is 73.2 Å². The molecule has 30 heavy (non-hydrogen) atoms. The molecule has 0 amide bonds. The molecular formula is C27H30N2O. The number of aryl methyl sites for hydroxylation is 1. The van der Waals surface area contributed by atoms with Crippen LogP contribution >= 0.6 is 0 Å². The highest BCUT2D eigenvalue weighted by Gasteiger charge is 2.14. The summed E-state index contributed by atoms with van der Waals surface area (Å²) in [6.07, 6.45) is 4.32. The Morgan fingerprint density at radius 3 is 2.13 bits per heavy atom. The number of benzene rings is 2. The largest absolute Gasteiger partial charge is 0.491 e. The number of aromatic nitrogens is 2. The third-order valence-electron chi connectivity index (χ3n) is 5.44. The van der Waals surface area contributed by atoms with E-state index in [4.69, 9.17) is 4.74 Å². The van der Waals surface area contributed by atoms with E-state index in [0.717, 1.165) is 22.7 Å². The number of rotatable bonds is 4. The predicted molar refractivity (Wildman–Crippen MR) is 125 cm³/mol. The number of hydrogen-bond donors (Lipinski definition) is 0. The Morgan fingerprint density at radius 1 is 0.900 bits per heavy atom. The van der Waals surface area contributed by atoms with Crippen LogP contribution in [-0.2, 0) is 5.41 Å². The average molecular weight is 399 g/mol. The number of fused-ring (bicyclic) bond motifs is 1. The van der Waals surface area contributed by atoms with Crippen molar-refractivity contribution in [1.29, 1.82) is 0 Å². The fraction of sp³-hybridized carbons (Fsp3) is 0.296. The molecule has 0 bridgehead atoms. The maximum absolute atomic E-state index is 5.78. The zero-order valence-corrected chi connectivity index (χ0v) is 18.7. The first-order valence-corrected chi connectivity index (χ1v) is 10.6. The maximum atomic E-state index is 5.78. The Labute approximate surface area is 179 Å². The standard InChI is InChI=1S/C27H30N2O/c1-18(2)30-23-13-9-21(10-14-23)25-16-28-26-15-19(3)24(17-29(25)26)20-7-11-22(12-8-20)27(4,5)6/h7-18H,1-6H3. The zero-order valence-electron chi connectivity index (χ0n) is 18.7. The van der Waals surface area contributed by atoms with Gasteiger partial charge in [-0.1, -0.05) is 45.0 Å². The molecule has 154 valence electrons. The monoisotopic (exact) mass is 398 g/mol. The third-order valence-corrected chi connectivity index (χ3v) is 5.44. The van der Waals surface area contributed by atoms with Crippen LogP contribution in [0.25, 0.3) is 28.0 Å². The molecule has 0 atom stereocenters. The van der Waals surface area contributed by atoms with Gasteiger partial charge in [0.1, 0.15) is 11.4 Å². The molecule has 4 aromatic rings. The number of nitrogens with zero attached hydrogens (tertiary/aromatic N) is 2. The van der Waals surface area contributed by atoms with Crippen LogP contribution in [-0.4, -0.2) is 15.5 Å². The molecule has 0 fully saturated rings. The minimum Gasteiger partial charge on any atom is -0.491 e. The molecule has 0 N–H and O–H groups in total. The number of ether oxygens (including phenoxy) is 1. The van der Waals surface area contributed by atoms with E-state index in [1.54, 1.807) is 0 Å². The van der Waals surface area contributed by atoms with Crippen LogP contribution in [0.3, 0.4) is 0 Å². The van der Waals surface area contributed by atoms with Gasteiger partial charge in [0.2, 0.25) is 0 Å². The molecule has 0 unspecified atom stereocenters. The van der Waals surface area contributed by atoms with E-state index in [-0.39, 0.29) is 11.5 Å². The van der Waals surface area contributed by atoms with Crippen molar-refractivity contribution in [1.82, 2.24) is 9.38 Å². The summed E-state index contributed by atoms with van der Waals surface area (Å²) >= 11 is 0. The molecular weight excluding hydrogens is 368 g/mol. The average Bonchev–Trinajstić information content (AvgIpc) is 3.09. The second-order valence-corrected chi connectivity index (χ2v) is 9.26. The summed E-state index contributed by atoms with van der Waals surface area (Å²) in [5, 5.41) is 0. The number of hydrogen-bond acceptors (Lipinski definition) is 2. The van der Waals surface area contributed by atoms with Crippen LogP contribution < -0.4 is 4.74 Å². The van der Waals surface area contributed by atoms with E-state index in [2.05, 4.69) is 85.7 Å².